The number of rotatable bonds is 3. The van der Waals surface area contributed by atoms with Gasteiger partial charge < -0.3 is 4.74 Å². The van der Waals surface area contributed by atoms with Gasteiger partial charge >= 0.3 is 0 Å². The molecule has 2 aromatic rings. The van der Waals surface area contributed by atoms with Crippen molar-refractivity contribution >= 4 is 0 Å². The van der Waals surface area contributed by atoms with Crippen molar-refractivity contribution in [1.29, 1.82) is 0 Å². The normalized spacial score (nSPS) is 10.4. The number of aromatic nitrogens is 1. The lowest BCUT2D eigenvalue weighted by Crippen LogP contribution is -2.39. The molecule has 1 N–H and O–H groups in total. The number of benzene rings is 1. The number of ether oxygens (including phenoxy) is 1. The highest BCUT2D eigenvalue weighted by molar-refractivity contribution is 5.35. The third-order valence-corrected chi connectivity index (χ3v) is 2.94. The molecule has 1 heterocycles. The van der Waals surface area contributed by atoms with Crippen LogP contribution >= 0.6 is 0 Å². The van der Waals surface area contributed by atoms with Gasteiger partial charge in [0.15, 0.2) is 6.61 Å². The van der Waals surface area contributed by atoms with Crippen molar-refractivity contribution in [3.05, 3.63) is 58.9 Å². The first-order valence-corrected chi connectivity index (χ1v) is 5.98. The standard InChI is InChI=1S/C15H18NO2/c1-11-7-8-15(12(2)9-11)18-10-14-6-4-5-13(3)16(14)17/h4-9,17H,10H2,1-3H3/q+1. The van der Waals surface area contributed by atoms with Gasteiger partial charge in [-0.05, 0) is 31.5 Å². The van der Waals surface area contributed by atoms with E-state index in [2.05, 4.69) is 13.0 Å². The summed E-state index contributed by atoms with van der Waals surface area (Å²) in [6.45, 7) is 6.27. The lowest BCUT2D eigenvalue weighted by Gasteiger charge is -2.08. The molecular formula is C15H18NO2+. The van der Waals surface area contributed by atoms with Gasteiger partial charge in [-0.3, -0.25) is 5.21 Å². The van der Waals surface area contributed by atoms with Gasteiger partial charge in [-0.15, -0.1) is 0 Å². The highest BCUT2D eigenvalue weighted by atomic mass is 16.5. The van der Waals surface area contributed by atoms with Crippen LogP contribution in [0.2, 0.25) is 0 Å². The average molecular weight is 244 g/mol. The SMILES string of the molecule is Cc1ccc(OCc2cccc(C)[n+]2O)c(C)c1. The van der Waals surface area contributed by atoms with E-state index >= 15 is 0 Å². The minimum Gasteiger partial charge on any atom is -0.482 e. The Kier molecular flexibility index (Phi) is 3.51. The van der Waals surface area contributed by atoms with Crippen LogP contribution in [0.4, 0.5) is 0 Å². The molecule has 2 rings (SSSR count). The summed E-state index contributed by atoms with van der Waals surface area (Å²) in [6.07, 6.45) is 0. The lowest BCUT2D eigenvalue weighted by molar-refractivity contribution is -0.914. The first-order valence-electron chi connectivity index (χ1n) is 5.98. The summed E-state index contributed by atoms with van der Waals surface area (Å²) in [5.74, 6) is 0.849. The Morgan fingerprint density at radius 3 is 2.61 bits per heavy atom. The van der Waals surface area contributed by atoms with Gasteiger partial charge in [0, 0.05) is 23.8 Å². The van der Waals surface area contributed by atoms with Crippen LogP contribution < -0.4 is 9.47 Å². The molecule has 1 aromatic heterocycles. The molecule has 18 heavy (non-hydrogen) atoms. The van der Waals surface area contributed by atoms with Gasteiger partial charge in [-0.25, -0.2) is 0 Å². The molecular weight excluding hydrogens is 226 g/mol. The molecule has 0 fully saturated rings. The fraction of sp³-hybridized carbons (Fsp3) is 0.267. The molecule has 0 saturated heterocycles. The number of pyridine rings is 1. The predicted octanol–water partition coefficient (Wildman–Crippen LogP) is 2.72. The van der Waals surface area contributed by atoms with Crippen molar-refractivity contribution < 1.29 is 14.7 Å². The fourth-order valence-corrected chi connectivity index (χ4v) is 1.89. The molecule has 0 amide bonds. The maximum absolute atomic E-state index is 9.83. The summed E-state index contributed by atoms with van der Waals surface area (Å²) >= 11 is 0. The van der Waals surface area contributed by atoms with Gasteiger partial charge in [0.25, 0.3) is 5.69 Å². The molecule has 3 nitrogen and oxygen atoms in total. The van der Waals surface area contributed by atoms with Crippen LogP contribution in [0.3, 0.4) is 0 Å². The summed E-state index contributed by atoms with van der Waals surface area (Å²) < 4.78 is 6.89. The largest absolute Gasteiger partial charge is 0.482 e. The van der Waals surface area contributed by atoms with Crippen LogP contribution in [0.15, 0.2) is 36.4 Å². The van der Waals surface area contributed by atoms with Crippen molar-refractivity contribution in [2.24, 2.45) is 0 Å². The zero-order chi connectivity index (χ0) is 13.1. The van der Waals surface area contributed by atoms with E-state index in [1.165, 1.54) is 5.56 Å². The van der Waals surface area contributed by atoms with Crippen molar-refractivity contribution in [2.75, 3.05) is 0 Å². The maximum Gasteiger partial charge on any atom is 0.271 e. The van der Waals surface area contributed by atoms with Gasteiger partial charge in [0.1, 0.15) is 5.75 Å². The predicted molar refractivity (Wildman–Crippen MR) is 68.8 cm³/mol. The maximum atomic E-state index is 9.83. The monoisotopic (exact) mass is 244 g/mol. The van der Waals surface area contributed by atoms with E-state index in [1.54, 1.807) is 0 Å². The fourth-order valence-electron chi connectivity index (χ4n) is 1.89. The Bertz CT molecular complexity index is 564. The Labute approximate surface area is 107 Å². The van der Waals surface area contributed by atoms with Crippen molar-refractivity contribution in [1.82, 2.24) is 0 Å². The Hall–Kier alpha value is -2.03. The molecule has 0 unspecified atom stereocenters. The molecule has 1 aromatic carbocycles. The molecule has 0 radical (unpaired) electrons. The van der Waals surface area contributed by atoms with Crippen LogP contribution in [0, 0.1) is 20.8 Å². The molecule has 0 spiro atoms. The number of hydrogen-bond acceptors (Lipinski definition) is 2. The Morgan fingerprint density at radius 2 is 1.89 bits per heavy atom. The number of aryl methyl sites for hydroxylation is 3. The third-order valence-electron chi connectivity index (χ3n) is 2.94. The molecule has 0 aliphatic heterocycles. The second-order valence-corrected chi connectivity index (χ2v) is 4.53. The zero-order valence-electron chi connectivity index (χ0n) is 11.0. The molecule has 0 aliphatic rings. The average Bonchev–Trinajstić information content (AvgIpc) is 2.33. The summed E-state index contributed by atoms with van der Waals surface area (Å²) in [5.41, 5.74) is 3.84. The van der Waals surface area contributed by atoms with E-state index < -0.39 is 0 Å². The third kappa shape index (κ3) is 2.62. The van der Waals surface area contributed by atoms with Crippen molar-refractivity contribution in [2.45, 2.75) is 27.4 Å². The smallest absolute Gasteiger partial charge is 0.271 e. The van der Waals surface area contributed by atoms with Gasteiger partial charge in [0.05, 0.1) is 0 Å². The molecule has 0 bridgehead atoms. The van der Waals surface area contributed by atoms with Crippen LogP contribution in [0.1, 0.15) is 22.5 Å². The van der Waals surface area contributed by atoms with Crippen LogP contribution in [0.5, 0.6) is 5.75 Å². The van der Waals surface area contributed by atoms with E-state index in [9.17, 15) is 5.21 Å². The second kappa shape index (κ2) is 5.08. The van der Waals surface area contributed by atoms with Crippen LogP contribution in [-0.2, 0) is 6.61 Å². The van der Waals surface area contributed by atoms with E-state index in [1.807, 2.05) is 44.2 Å². The van der Waals surface area contributed by atoms with E-state index in [4.69, 9.17) is 4.74 Å². The topological polar surface area (TPSA) is 33.3 Å². The molecule has 0 atom stereocenters. The Morgan fingerprint density at radius 1 is 1.11 bits per heavy atom. The van der Waals surface area contributed by atoms with Crippen LogP contribution in [0.25, 0.3) is 0 Å². The van der Waals surface area contributed by atoms with E-state index in [0.29, 0.717) is 6.61 Å². The summed E-state index contributed by atoms with van der Waals surface area (Å²) in [7, 11) is 0. The van der Waals surface area contributed by atoms with Crippen molar-refractivity contribution in [3.8, 4) is 5.75 Å². The first-order chi connectivity index (χ1) is 8.58. The molecule has 0 aliphatic carbocycles. The van der Waals surface area contributed by atoms with Crippen LogP contribution in [-0.4, -0.2) is 5.21 Å². The quantitative estimate of drug-likeness (QED) is 0.665. The minimum absolute atomic E-state index is 0.349. The Balaban J connectivity index is 2.14. The molecule has 94 valence electrons. The van der Waals surface area contributed by atoms with Gasteiger partial charge in [-0.1, -0.05) is 17.7 Å². The van der Waals surface area contributed by atoms with E-state index in [0.717, 1.165) is 27.4 Å². The van der Waals surface area contributed by atoms with Gasteiger partial charge in [-0.2, -0.15) is 0 Å². The van der Waals surface area contributed by atoms with Crippen molar-refractivity contribution in [3.63, 3.8) is 0 Å². The highest BCUT2D eigenvalue weighted by Crippen LogP contribution is 2.19. The number of hydrogen-bond donors (Lipinski definition) is 1. The first kappa shape index (κ1) is 12.4. The summed E-state index contributed by atoms with van der Waals surface area (Å²) in [4.78, 5) is 0. The molecule has 3 heteroatoms. The second-order valence-electron chi connectivity index (χ2n) is 4.53. The summed E-state index contributed by atoms with van der Waals surface area (Å²) in [5, 5.41) is 9.83. The zero-order valence-corrected chi connectivity index (χ0v) is 11.0. The highest BCUT2D eigenvalue weighted by Gasteiger charge is 2.13. The summed E-state index contributed by atoms with van der Waals surface area (Å²) in [6, 6.07) is 11.7. The number of nitrogens with zero attached hydrogens (tertiary/aromatic N) is 1. The van der Waals surface area contributed by atoms with Gasteiger partial charge in [0.2, 0.25) is 5.69 Å². The minimum atomic E-state index is 0.349. The van der Waals surface area contributed by atoms with E-state index in [-0.39, 0.29) is 0 Å². The molecule has 0 saturated carbocycles. The lowest BCUT2D eigenvalue weighted by atomic mass is 10.1.